The summed E-state index contributed by atoms with van der Waals surface area (Å²) >= 11 is 0. The molecule has 4 fully saturated rings. The molecule has 4 aliphatic rings. The number of carboxylic acid groups (broad SMARTS) is 2. The van der Waals surface area contributed by atoms with Crippen LogP contribution in [0.25, 0.3) is 0 Å². The molecule has 14 heteroatoms. The second-order valence-corrected chi connectivity index (χ2v) is 21.0. The molecule has 4 saturated heterocycles. The summed E-state index contributed by atoms with van der Waals surface area (Å²) in [5.74, 6) is -4.08. The van der Waals surface area contributed by atoms with E-state index in [0.29, 0.717) is 51.6 Å². The van der Waals surface area contributed by atoms with Crippen LogP contribution >= 0.6 is 0 Å². The minimum atomic E-state index is -1.31. The third-order valence-corrected chi connectivity index (χ3v) is 18.0. The number of aromatic carboxylic acids is 2. The molecule has 0 aromatic heterocycles. The Balaban J connectivity index is 1.17. The van der Waals surface area contributed by atoms with Gasteiger partial charge < -0.3 is 20.8 Å². The largest absolute Gasteiger partial charge is 0.478 e. The van der Waals surface area contributed by atoms with E-state index < -0.39 is 69.0 Å². The van der Waals surface area contributed by atoms with Gasteiger partial charge in [0.2, 0.25) is 0 Å². The monoisotopic (exact) mass is 933 g/mol. The highest BCUT2D eigenvalue weighted by Crippen LogP contribution is 2.54. The van der Waals surface area contributed by atoms with Crippen LogP contribution in [0.4, 0.5) is 9.59 Å². The number of nitrogens with zero attached hydrogens (tertiary/aromatic N) is 4. The highest BCUT2D eigenvalue weighted by Gasteiger charge is 2.68. The fraction of sp³-hybridized carbons (Fsp3) is 0.556. The van der Waals surface area contributed by atoms with Crippen LogP contribution in [0.2, 0.25) is 0 Å². The first-order chi connectivity index (χ1) is 32.1. The summed E-state index contributed by atoms with van der Waals surface area (Å²) in [6, 6.07) is 21.7. The molecule has 7 rings (SSSR count). The summed E-state index contributed by atoms with van der Waals surface area (Å²) in [5, 5.41) is 27.3. The summed E-state index contributed by atoms with van der Waals surface area (Å²) in [6.45, 7) is 22.0. The van der Waals surface area contributed by atoms with Crippen LogP contribution in [-0.4, -0.2) is 112 Å². The topological polar surface area (TPSA) is 180 Å². The van der Waals surface area contributed by atoms with Gasteiger partial charge in [0, 0.05) is 60.2 Å². The Kier molecular flexibility index (Phi) is 13.6. The number of nitrogens with one attached hydrogen (secondary N) is 2. The molecule has 68 heavy (non-hydrogen) atoms. The molecule has 4 heterocycles. The zero-order chi connectivity index (χ0) is 49.8. The first-order valence-corrected chi connectivity index (χ1v) is 24.6. The van der Waals surface area contributed by atoms with Crippen LogP contribution in [0.5, 0.6) is 0 Å². The van der Waals surface area contributed by atoms with Gasteiger partial charge in [-0.2, -0.15) is 0 Å². The molecule has 0 aliphatic carbocycles. The quantitative estimate of drug-likeness (QED) is 0.102. The van der Waals surface area contributed by atoms with E-state index in [9.17, 15) is 39.0 Å². The van der Waals surface area contributed by atoms with Crippen molar-refractivity contribution in [2.75, 3.05) is 13.1 Å². The van der Waals surface area contributed by atoms with Crippen LogP contribution in [0.1, 0.15) is 151 Å². The van der Waals surface area contributed by atoms with Crippen molar-refractivity contribution in [1.82, 2.24) is 30.2 Å². The van der Waals surface area contributed by atoms with Gasteiger partial charge in [-0.3, -0.25) is 29.2 Å². The number of hydrogen-bond donors (Lipinski definition) is 4. The zero-order valence-electron chi connectivity index (χ0n) is 41.7. The third-order valence-electron chi connectivity index (χ3n) is 18.0. The molecule has 8 atom stereocenters. The molecular formula is C54H72N6O8. The second kappa shape index (κ2) is 18.4. The van der Waals surface area contributed by atoms with E-state index in [2.05, 4.69) is 100 Å². The minimum absolute atomic E-state index is 0.128. The Labute approximate surface area is 401 Å². The van der Waals surface area contributed by atoms with Gasteiger partial charge in [-0.15, -0.1) is 0 Å². The number of amides is 6. The minimum Gasteiger partial charge on any atom is -0.478 e. The molecule has 0 radical (unpaired) electrons. The molecule has 3 aromatic rings. The van der Waals surface area contributed by atoms with Crippen molar-refractivity contribution < 1.29 is 39.0 Å². The van der Waals surface area contributed by atoms with Gasteiger partial charge >= 0.3 is 24.0 Å². The van der Waals surface area contributed by atoms with Gasteiger partial charge in [0.1, 0.15) is 11.1 Å². The molecule has 6 amide bonds. The Bertz CT molecular complexity index is 2300. The maximum atomic E-state index is 15.0. The van der Waals surface area contributed by atoms with E-state index in [-0.39, 0.29) is 60.0 Å². The number of likely N-dealkylation sites (tertiary alicyclic amines) is 2. The van der Waals surface area contributed by atoms with E-state index >= 15 is 0 Å². The van der Waals surface area contributed by atoms with Crippen LogP contribution < -0.4 is 10.6 Å². The van der Waals surface area contributed by atoms with Crippen molar-refractivity contribution in [3.63, 3.8) is 0 Å². The van der Waals surface area contributed by atoms with Gasteiger partial charge in [-0.05, 0) is 113 Å². The Hall–Kier alpha value is -5.60. The van der Waals surface area contributed by atoms with E-state index in [1.165, 1.54) is 12.1 Å². The van der Waals surface area contributed by atoms with Crippen molar-refractivity contribution in [2.24, 2.45) is 11.8 Å². The fourth-order valence-corrected chi connectivity index (χ4v) is 13.0. The van der Waals surface area contributed by atoms with Crippen LogP contribution in [-0.2, 0) is 35.5 Å². The first-order valence-electron chi connectivity index (χ1n) is 24.6. The van der Waals surface area contributed by atoms with E-state index in [1.54, 1.807) is 0 Å². The van der Waals surface area contributed by atoms with E-state index in [4.69, 9.17) is 0 Å². The lowest BCUT2D eigenvalue weighted by Crippen LogP contribution is -2.75. The molecule has 4 aliphatic heterocycles. The molecular weight excluding hydrogens is 861 g/mol. The first kappa shape index (κ1) is 50.3. The SMILES string of the molecule is CCC1(C)CC2(NC(=O)N(CCc3c(C(=O)O)ccc(C(=O)O)c3CCN3C(=O)NC4(CC(C)(CC)N(Cc5ccccc5)C(C)(CC)C4C)C3=O)C2=O)C(C)C(C)(CC)N1Cc1ccccc1. The molecule has 14 nitrogen and oxygen atoms in total. The molecule has 3 aromatic carbocycles. The standard InChI is InChI=1S/C54H72N6O8/c1-11-49(7)33-53(35(5)51(9,13-3)59(49)31-37-21-17-15-18-22-37)45(65)57(47(67)55-53)29-27-39-40(42(44(63)64)26-25-41(39)43(61)62)28-30-58-46(66)54(56-48(58)68)34-50(8,12-2)60(52(10,14-4)36(54)6)32-38-23-19-16-20-24-38/h15-26,35-36H,11-14,27-34H2,1-10H3,(H,55,67)(H,56,68)(H,61,62)(H,63,64). The van der Waals surface area contributed by atoms with Gasteiger partial charge in [-0.25, -0.2) is 19.2 Å². The maximum Gasteiger partial charge on any atom is 0.335 e. The number of piperidine rings is 2. The van der Waals surface area contributed by atoms with Crippen LogP contribution in [0, 0.1) is 11.8 Å². The number of urea groups is 2. The van der Waals surface area contributed by atoms with Crippen molar-refractivity contribution >= 4 is 35.8 Å². The average molecular weight is 933 g/mol. The van der Waals surface area contributed by atoms with E-state index in [0.717, 1.165) is 20.9 Å². The maximum absolute atomic E-state index is 15.0. The Morgan fingerprint density at radius 3 is 1.19 bits per heavy atom. The van der Waals surface area contributed by atoms with E-state index in [1.807, 2.05) is 50.2 Å². The number of carbonyl (C=O) groups excluding carboxylic acids is 4. The van der Waals surface area contributed by atoms with Crippen LogP contribution in [0.15, 0.2) is 72.8 Å². The summed E-state index contributed by atoms with van der Waals surface area (Å²) in [7, 11) is 0. The molecule has 0 bridgehead atoms. The number of hydrogen-bond acceptors (Lipinski definition) is 8. The van der Waals surface area contributed by atoms with Gasteiger partial charge in [0.05, 0.1) is 11.1 Å². The normalized spacial score (nSPS) is 32.0. The molecule has 4 N–H and O–H groups in total. The lowest BCUT2D eigenvalue weighted by molar-refractivity contribution is -0.157. The molecule has 8 unspecified atom stereocenters. The lowest BCUT2D eigenvalue weighted by Gasteiger charge is -2.63. The predicted octanol–water partition coefficient (Wildman–Crippen LogP) is 8.51. The predicted molar refractivity (Wildman–Crippen MR) is 260 cm³/mol. The number of rotatable bonds is 16. The number of imide groups is 2. The third kappa shape index (κ3) is 7.98. The molecule has 0 saturated carbocycles. The number of benzene rings is 3. The average Bonchev–Trinajstić information content (AvgIpc) is 3.71. The number of carbonyl (C=O) groups is 6. The Morgan fingerprint density at radius 1 is 0.559 bits per heavy atom. The summed E-state index contributed by atoms with van der Waals surface area (Å²) in [5.41, 5.74) is -2.35. The fourth-order valence-electron chi connectivity index (χ4n) is 13.0. The van der Waals surface area contributed by atoms with Crippen molar-refractivity contribution in [3.8, 4) is 0 Å². The lowest BCUT2D eigenvalue weighted by atomic mass is 9.59. The van der Waals surface area contributed by atoms with Crippen molar-refractivity contribution in [3.05, 3.63) is 106 Å². The second-order valence-electron chi connectivity index (χ2n) is 21.0. The zero-order valence-corrected chi connectivity index (χ0v) is 41.7. The highest BCUT2D eigenvalue weighted by atomic mass is 16.4. The highest BCUT2D eigenvalue weighted by molar-refractivity contribution is 6.08. The number of carboxylic acids is 2. The molecule has 366 valence electrons. The summed E-state index contributed by atoms with van der Waals surface area (Å²) in [6.07, 6.45) is 3.20. The molecule has 2 spiro atoms. The van der Waals surface area contributed by atoms with Crippen molar-refractivity contribution in [2.45, 2.75) is 167 Å². The van der Waals surface area contributed by atoms with Gasteiger partial charge in [0.15, 0.2) is 0 Å². The summed E-state index contributed by atoms with van der Waals surface area (Å²) < 4.78 is 0. The summed E-state index contributed by atoms with van der Waals surface area (Å²) in [4.78, 5) is 91.4. The van der Waals surface area contributed by atoms with Gasteiger partial charge in [-0.1, -0.05) is 102 Å². The van der Waals surface area contributed by atoms with Crippen LogP contribution in [0.3, 0.4) is 0 Å². The smallest absolute Gasteiger partial charge is 0.335 e. The Morgan fingerprint density at radius 2 is 0.897 bits per heavy atom. The van der Waals surface area contributed by atoms with Gasteiger partial charge in [0.25, 0.3) is 11.8 Å². The van der Waals surface area contributed by atoms with Crippen molar-refractivity contribution in [1.29, 1.82) is 0 Å².